The summed E-state index contributed by atoms with van der Waals surface area (Å²) in [4.78, 5) is 5.86. The number of hydroxylamine groups is 3. The van der Waals surface area contributed by atoms with E-state index in [1.54, 1.807) is 0 Å². The highest BCUT2D eigenvalue weighted by Crippen LogP contribution is 2.13. The lowest BCUT2D eigenvalue weighted by molar-refractivity contribution is -1.07. The minimum absolute atomic E-state index is 0. The molecule has 0 fully saturated rings. The van der Waals surface area contributed by atoms with Crippen LogP contribution in [0.15, 0.2) is 0 Å². The maximum atomic E-state index is 5.86. The molecular weight excluding hydrogens is 391 g/mol. The van der Waals surface area contributed by atoms with Crippen LogP contribution in [0.3, 0.4) is 0 Å². The Kier molecular flexibility index (Phi) is 28.4. The van der Waals surface area contributed by atoms with E-state index < -0.39 is 0 Å². The lowest BCUT2D eigenvalue weighted by Crippen LogP contribution is -3.00. The van der Waals surface area contributed by atoms with E-state index in [4.69, 9.17) is 4.84 Å². The Balaban J connectivity index is -0.000000274. The zero-order valence-corrected chi connectivity index (χ0v) is 22.3. The van der Waals surface area contributed by atoms with Crippen molar-refractivity contribution in [2.24, 2.45) is 0 Å². The van der Waals surface area contributed by atoms with Gasteiger partial charge in [0.1, 0.15) is 6.10 Å². The zero-order valence-electron chi connectivity index (χ0n) is 20.8. The molecule has 0 spiro atoms. The molecule has 0 aliphatic heterocycles. The predicted molar refractivity (Wildman–Crippen MR) is 118 cm³/mol. The fraction of sp³-hybridized carbons (Fsp3) is 1.00. The van der Waals surface area contributed by atoms with Crippen LogP contribution in [-0.2, 0) is 4.84 Å². The number of hydrogen-bond donors (Lipinski definition) is 0. The molecule has 1 atom stereocenters. The molecule has 1 unspecified atom stereocenters. The van der Waals surface area contributed by atoms with Gasteiger partial charge in [0.25, 0.3) is 0 Å². The number of rotatable bonds is 15. The van der Waals surface area contributed by atoms with Crippen molar-refractivity contribution in [1.29, 1.82) is 0 Å². The van der Waals surface area contributed by atoms with Crippen molar-refractivity contribution < 1.29 is 38.8 Å². The molecular formula is C23H54Cl2N2O. The smallest absolute Gasteiger partial charge is 0.114 e. The summed E-state index contributed by atoms with van der Waals surface area (Å²) < 4.78 is 1.70. The molecule has 0 aromatic rings. The van der Waals surface area contributed by atoms with E-state index in [0.717, 1.165) is 4.48 Å². The van der Waals surface area contributed by atoms with E-state index in [1.165, 1.54) is 83.6 Å². The highest BCUT2D eigenvalue weighted by Gasteiger charge is 2.14. The van der Waals surface area contributed by atoms with Gasteiger partial charge in [-0.1, -0.05) is 78.1 Å². The number of quaternary nitrogens is 2. The first-order chi connectivity index (χ1) is 12.0. The van der Waals surface area contributed by atoms with Gasteiger partial charge >= 0.3 is 0 Å². The summed E-state index contributed by atoms with van der Waals surface area (Å²) in [6.45, 7) is 7.96. The molecule has 3 nitrogen and oxygen atoms in total. The van der Waals surface area contributed by atoms with E-state index >= 15 is 0 Å². The molecule has 0 aromatic carbocycles. The third-order valence-corrected chi connectivity index (χ3v) is 4.35. The van der Waals surface area contributed by atoms with E-state index in [0.29, 0.717) is 10.8 Å². The van der Waals surface area contributed by atoms with Crippen molar-refractivity contribution in [2.75, 3.05) is 48.8 Å². The number of unbranched alkanes of at least 4 members (excludes halogenated alkanes) is 9. The van der Waals surface area contributed by atoms with Crippen LogP contribution in [0.5, 0.6) is 0 Å². The second-order valence-electron chi connectivity index (χ2n) is 9.79. The molecule has 0 aliphatic carbocycles. The van der Waals surface area contributed by atoms with E-state index in [9.17, 15) is 0 Å². The van der Waals surface area contributed by atoms with Crippen molar-refractivity contribution >= 4 is 0 Å². The van der Waals surface area contributed by atoms with Gasteiger partial charge in [0.05, 0.1) is 48.8 Å². The maximum absolute atomic E-state index is 5.86. The third kappa shape index (κ3) is 37.2. The topological polar surface area (TPSA) is 9.23 Å². The summed E-state index contributed by atoms with van der Waals surface area (Å²) in [5, 5.41) is 0. The normalized spacial score (nSPS) is 12.3. The third-order valence-electron chi connectivity index (χ3n) is 4.35. The molecule has 176 valence electrons. The fourth-order valence-corrected chi connectivity index (χ4v) is 3.18. The quantitative estimate of drug-likeness (QED) is 0.202. The van der Waals surface area contributed by atoms with Gasteiger partial charge < -0.3 is 29.3 Å². The van der Waals surface area contributed by atoms with Gasteiger partial charge in [-0.2, -0.15) is 4.65 Å². The van der Waals surface area contributed by atoms with Crippen LogP contribution in [0.2, 0.25) is 0 Å². The van der Waals surface area contributed by atoms with Gasteiger partial charge in [-0.25, -0.2) is 4.84 Å². The monoisotopic (exact) mass is 444 g/mol. The van der Waals surface area contributed by atoms with Crippen LogP contribution in [0.1, 0.15) is 97.8 Å². The first kappa shape index (κ1) is 35.9. The zero-order chi connectivity index (χ0) is 20.5. The Morgan fingerprint density at radius 1 is 0.607 bits per heavy atom. The minimum Gasteiger partial charge on any atom is -1.00 e. The minimum atomic E-state index is 0. The van der Waals surface area contributed by atoms with Gasteiger partial charge in [-0.05, 0) is 19.8 Å². The number of hydrogen-bond acceptors (Lipinski definition) is 1. The summed E-state index contributed by atoms with van der Waals surface area (Å²) in [6.07, 6.45) is 16.9. The average Bonchev–Trinajstić information content (AvgIpc) is 2.47. The largest absolute Gasteiger partial charge is 1.00 e. The highest BCUT2D eigenvalue weighted by molar-refractivity contribution is 4.51. The molecule has 0 rings (SSSR count). The number of nitrogens with zero attached hydrogens (tertiary/aromatic N) is 2. The Morgan fingerprint density at radius 3 is 1.29 bits per heavy atom. The van der Waals surface area contributed by atoms with Crippen LogP contribution in [0, 0.1) is 0 Å². The van der Waals surface area contributed by atoms with Crippen LogP contribution in [-0.4, -0.2) is 64.1 Å². The van der Waals surface area contributed by atoms with Gasteiger partial charge in [-0.15, -0.1) is 0 Å². The summed E-state index contributed by atoms with van der Waals surface area (Å²) in [5.41, 5.74) is 0. The molecule has 0 radical (unpaired) electrons. The summed E-state index contributed by atoms with van der Waals surface area (Å²) in [6, 6.07) is 0. The van der Waals surface area contributed by atoms with Crippen LogP contribution in [0.4, 0.5) is 0 Å². The Morgan fingerprint density at radius 2 is 1.00 bits per heavy atom. The summed E-state index contributed by atoms with van der Waals surface area (Å²) >= 11 is 0. The van der Waals surface area contributed by atoms with Crippen LogP contribution in [0.25, 0.3) is 0 Å². The number of halogens is 2. The van der Waals surface area contributed by atoms with Gasteiger partial charge in [0.2, 0.25) is 0 Å². The first-order valence-corrected chi connectivity index (χ1v) is 11.3. The summed E-state index contributed by atoms with van der Waals surface area (Å²) in [7, 11) is 12.9. The molecule has 5 heteroatoms. The van der Waals surface area contributed by atoms with Crippen molar-refractivity contribution in [3.63, 3.8) is 0 Å². The van der Waals surface area contributed by atoms with Crippen molar-refractivity contribution in [3.8, 4) is 0 Å². The van der Waals surface area contributed by atoms with E-state index in [2.05, 4.69) is 63.1 Å². The Labute approximate surface area is 191 Å². The second-order valence-corrected chi connectivity index (χ2v) is 9.79. The first-order valence-electron chi connectivity index (χ1n) is 11.3. The molecule has 0 amide bonds. The van der Waals surface area contributed by atoms with Crippen molar-refractivity contribution in [1.82, 2.24) is 0 Å². The van der Waals surface area contributed by atoms with Gasteiger partial charge in [0.15, 0.2) is 0 Å². The molecule has 0 saturated heterocycles. The average molecular weight is 446 g/mol. The highest BCUT2D eigenvalue weighted by atomic mass is 35.5. The maximum Gasteiger partial charge on any atom is 0.114 e. The van der Waals surface area contributed by atoms with Crippen LogP contribution < -0.4 is 24.8 Å². The van der Waals surface area contributed by atoms with Gasteiger partial charge in [0, 0.05) is 0 Å². The summed E-state index contributed by atoms with van der Waals surface area (Å²) in [5.74, 6) is 0. The Hall–Kier alpha value is 0.460. The lowest BCUT2D eigenvalue weighted by atomic mass is 10.1. The fourth-order valence-electron chi connectivity index (χ4n) is 3.18. The molecule has 28 heavy (non-hydrogen) atoms. The molecule has 0 aliphatic rings. The molecule has 0 aromatic heterocycles. The molecule has 0 N–H and O–H groups in total. The lowest BCUT2D eigenvalue weighted by Gasteiger charge is -2.25. The Bertz CT molecular complexity index is 289. The molecule has 0 heterocycles. The standard InChI is InChI=1S/C17H38NO.C6H16N.2ClH/c1-6-7-8-9-10-11-12-13-14-15-16-17(2)19-18(3,4)5;1-5-6-7(2,3)4;;/h17H,6-16H2,1-5H3;5-6H2,1-4H3;2*1H/q2*+1;;/p-2. The van der Waals surface area contributed by atoms with Gasteiger partial charge in [-0.3, -0.25) is 0 Å². The predicted octanol–water partition coefficient (Wildman–Crippen LogP) is 0.434. The second kappa shape index (κ2) is 22.2. The van der Waals surface area contributed by atoms with E-state index in [1.807, 2.05) is 0 Å². The molecule has 0 bridgehead atoms. The van der Waals surface area contributed by atoms with E-state index in [-0.39, 0.29) is 24.8 Å². The van der Waals surface area contributed by atoms with Crippen molar-refractivity contribution in [2.45, 2.75) is 104 Å². The SMILES string of the molecule is CCCCCCCCCCCCC(C)O[N+](C)(C)C.CCC[N+](C)(C)C.[Cl-].[Cl-]. The van der Waals surface area contributed by atoms with Crippen LogP contribution >= 0.6 is 0 Å². The molecule has 0 saturated carbocycles. The van der Waals surface area contributed by atoms with Crippen molar-refractivity contribution in [3.05, 3.63) is 0 Å².